The number of carboxylic acid groups (broad SMARTS) is 1. The second-order valence-electron chi connectivity index (χ2n) is 2.91. The number of carbonyl (C=O) groups excluding carboxylic acids is 1. The molecule has 0 radical (unpaired) electrons. The molecular formula is C7H11N5O4S. The van der Waals surface area contributed by atoms with Crippen LogP contribution in [0.25, 0.3) is 0 Å². The van der Waals surface area contributed by atoms with Crippen LogP contribution in [-0.2, 0) is 9.53 Å². The van der Waals surface area contributed by atoms with Crippen molar-refractivity contribution in [2.75, 3.05) is 32.1 Å². The minimum absolute atomic E-state index is 0.168. The Morgan fingerprint density at radius 3 is 2.88 bits per heavy atom. The molecule has 0 aliphatic carbocycles. The molecule has 2 amide bonds. The average Bonchev–Trinajstić information content (AvgIpc) is 2.76. The number of rotatable bonds is 6. The molecule has 0 saturated heterocycles. The van der Waals surface area contributed by atoms with Gasteiger partial charge in [-0.05, 0) is 5.21 Å². The number of ether oxygens (including phenoxy) is 1. The molecule has 1 heterocycles. The maximum Gasteiger partial charge on any atom is 0.324 e. The Balaban J connectivity index is 2.55. The van der Waals surface area contributed by atoms with Gasteiger partial charge in [-0.2, -0.15) is 0 Å². The lowest BCUT2D eigenvalue weighted by molar-refractivity contribution is -0.137. The Morgan fingerprint density at radius 2 is 2.35 bits per heavy atom. The van der Waals surface area contributed by atoms with Gasteiger partial charge in [0.25, 0.3) is 0 Å². The molecule has 0 unspecified atom stereocenters. The number of anilines is 1. The number of nitrogens with one attached hydrogen (secondary N) is 1. The lowest BCUT2D eigenvalue weighted by Gasteiger charge is -2.19. The maximum absolute atomic E-state index is 11.7. The van der Waals surface area contributed by atoms with Crippen molar-refractivity contribution in [1.29, 1.82) is 0 Å². The van der Waals surface area contributed by atoms with E-state index in [1.165, 1.54) is 7.11 Å². The molecule has 0 aliphatic heterocycles. The second kappa shape index (κ2) is 6.70. The van der Waals surface area contributed by atoms with E-state index in [9.17, 15) is 9.59 Å². The van der Waals surface area contributed by atoms with Gasteiger partial charge >= 0.3 is 12.0 Å². The van der Waals surface area contributed by atoms with Crippen molar-refractivity contribution >= 4 is 28.7 Å². The average molecular weight is 261 g/mol. The van der Waals surface area contributed by atoms with E-state index in [1.54, 1.807) is 0 Å². The molecule has 10 heteroatoms. The van der Waals surface area contributed by atoms with Crippen molar-refractivity contribution in [3.05, 3.63) is 0 Å². The van der Waals surface area contributed by atoms with Crippen molar-refractivity contribution in [2.45, 2.75) is 0 Å². The van der Waals surface area contributed by atoms with Gasteiger partial charge in [-0.3, -0.25) is 10.1 Å². The van der Waals surface area contributed by atoms with Crippen LogP contribution < -0.4 is 5.32 Å². The summed E-state index contributed by atoms with van der Waals surface area (Å²) in [4.78, 5) is 23.3. The highest BCUT2D eigenvalue weighted by atomic mass is 32.1. The monoisotopic (exact) mass is 261 g/mol. The van der Waals surface area contributed by atoms with Crippen LogP contribution in [-0.4, -0.2) is 63.6 Å². The Bertz CT molecular complexity index is 370. The van der Waals surface area contributed by atoms with Gasteiger partial charge in [0.15, 0.2) is 0 Å². The van der Waals surface area contributed by atoms with Crippen LogP contribution in [0, 0.1) is 0 Å². The van der Waals surface area contributed by atoms with Crippen LogP contribution in [0.4, 0.5) is 9.93 Å². The fourth-order valence-electron chi connectivity index (χ4n) is 0.970. The molecule has 0 spiro atoms. The third-order valence-electron chi connectivity index (χ3n) is 1.69. The minimum atomic E-state index is -1.10. The van der Waals surface area contributed by atoms with Gasteiger partial charge in [0, 0.05) is 25.2 Å². The molecular weight excluding hydrogens is 250 g/mol. The van der Waals surface area contributed by atoms with E-state index in [-0.39, 0.29) is 18.3 Å². The summed E-state index contributed by atoms with van der Waals surface area (Å²) in [7, 11) is 1.46. The van der Waals surface area contributed by atoms with E-state index < -0.39 is 18.5 Å². The number of carboxylic acids is 1. The summed E-state index contributed by atoms with van der Waals surface area (Å²) < 4.78 is 8.25. The van der Waals surface area contributed by atoms with Crippen molar-refractivity contribution < 1.29 is 19.4 Å². The number of aliphatic carboxylic acids is 1. The molecule has 1 rings (SSSR count). The van der Waals surface area contributed by atoms with Crippen LogP contribution in [0.15, 0.2) is 0 Å². The van der Waals surface area contributed by atoms with E-state index in [1.807, 2.05) is 0 Å². The molecule has 0 aliphatic rings. The molecule has 0 aromatic carbocycles. The summed E-state index contributed by atoms with van der Waals surface area (Å²) in [6, 6.07) is -0.581. The quantitative estimate of drug-likeness (QED) is 0.708. The molecule has 2 N–H and O–H groups in total. The highest BCUT2D eigenvalue weighted by Crippen LogP contribution is 2.06. The van der Waals surface area contributed by atoms with E-state index >= 15 is 0 Å². The molecule has 1 aromatic heterocycles. The molecule has 0 bridgehead atoms. The lowest BCUT2D eigenvalue weighted by Crippen LogP contribution is -2.40. The highest BCUT2D eigenvalue weighted by Gasteiger charge is 2.17. The smallest absolute Gasteiger partial charge is 0.324 e. The standard InChI is InChI=1S/C7H11N5O4S/c1-16-3-2-12(4-5(13)14)7(15)8-6-9-10-11-17-6/h2-4H2,1H3,(H,13,14)(H,8,9,11,15). The Kier molecular flexibility index (Phi) is 5.23. The van der Waals surface area contributed by atoms with Crippen LogP contribution in [0.3, 0.4) is 0 Å². The first-order valence-electron chi connectivity index (χ1n) is 4.55. The Labute approximate surface area is 101 Å². The van der Waals surface area contributed by atoms with Crippen LogP contribution in [0.5, 0.6) is 0 Å². The van der Waals surface area contributed by atoms with Crippen LogP contribution in [0.2, 0.25) is 0 Å². The normalized spacial score (nSPS) is 9.94. The van der Waals surface area contributed by atoms with Crippen molar-refractivity contribution in [2.24, 2.45) is 0 Å². The van der Waals surface area contributed by atoms with Crippen LogP contribution in [0.1, 0.15) is 0 Å². The summed E-state index contributed by atoms with van der Waals surface area (Å²) >= 11 is 0.902. The van der Waals surface area contributed by atoms with Gasteiger partial charge < -0.3 is 14.7 Å². The molecule has 0 fully saturated rings. The first-order chi connectivity index (χ1) is 8.13. The lowest BCUT2D eigenvalue weighted by atomic mass is 10.5. The Hall–Kier alpha value is -1.81. The fourth-order valence-corrected chi connectivity index (χ4v) is 1.33. The minimum Gasteiger partial charge on any atom is -0.480 e. The summed E-state index contributed by atoms with van der Waals surface area (Å²) in [6.45, 7) is -0.00262. The molecule has 0 atom stereocenters. The van der Waals surface area contributed by atoms with Gasteiger partial charge in [-0.15, -0.1) is 0 Å². The molecule has 94 valence electrons. The first kappa shape index (κ1) is 13.3. The summed E-state index contributed by atoms with van der Waals surface area (Å²) in [5.74, 6) is -1.10. The highest BCUT2D eigenvalue weighted by molar-refractivity contribution is 7.09. The Morgan fingerprint density at radius 1 is 1.59 bits per heavy atom. The molecule has 17 heavy (non-hydrogen) atoms. The van der Waals surface area contributed by atoms with Crippen molar-refractivity contribution in [3.63, 3.8) is 0 Å². The zero-order chi connectivity index (χ0) is 12.7. The third kappa shape index (κ3) is 4.70. The fraction of sp³-hybridized carbons (Fsp3) is 0.571. The predicted octanol–water partition coefficient (Wildman–Crippen LogP) is -0.502. The predicted molar refractivity (Wildman–Crippen MR) is 57.8 cm³/mol. The van der Waals surface area contributed by atoms with Crippen LogP contribution >= 0.6 is 11.5 Å². The largest absolute Gasteiger partial charge is 0.480 e. The second-order valence-corrected chi connectivity index (χ2v) is 3.64. The number of aromatic nitrogens is 3. The third-order valence-corrected chi connectivity index (χ3v) is 2.20. The summed E-state index contributed by atoms with van der Waals surface area (Å²) in [6.07, 6.45) is 0. The molecule has 0 saturated carbocycles. The topological polar surface area (TPSA) is 118 Å². The number of urea groups is 1. The van der Waals surface area contributed by atoms with E-state index in [0.717, 1.165) is 16.4 Å². The maximum atomic E-state index is 11.7. The van der Waals surface area contributed by atoms with Gasteiger partial charge in [-0.25, -0.2) is 4.79 Å². The van der Waals surface area contributed by atoms with E-state index in [0.29, 0.717) is 0 Å². The zero-order valence-corrected chi connectivity index (χ0v) is 9.81. The number of nitrogens with zero attached hydrogens (tertiary/aromatic N) is 4. The zero-order valence-electron chi connectivity index (χ0n) is 8.99. The van der Waals surface area contributed by atoms with Crippen molar-refractivity contribution in [3.8, 4) is 0 Å². The number of hydrogen-bond donors (Lipinski definition) is 2. The number of hydrogen-bond acceptors (Lipinski definition) is 7. The van der Waals surface area contributed by atoms with Crippen molar-refractivity contribution in [1.82, 2.24) is 19.7 Å². The number of carbonyl (C=O) groups is 2. The van der Waals surface area contributed by atoms with Gasteiger partial charge in [0.05, 0.1) is 6.61 Å². The van der Waals surface area contributed by atoms with Gasteiger partial charge in [0.1, 0.15) is 6.54 Å². The molecule has 1 aromatic rings. The SMILES string of the molecule is COCCN(CC(=O)O)C(=O)Nc1nnns1. The van der Waals surface area contributed by atoms with E-state index in [4.69, 9.17) is 9.84 Å². The number of methoxy groups -OCH3 is 1. The number of amides is 2. The molecule has 9 nitrogen and oxygen atoms in total. The van der Waals surface area contributed by atoms with E-state index in [2.05, 4.69) is 20.1 Å². The summed E-state index contributed by atoms with van der Waals surface area (Å²) in [5.41, 5.74) is 0. The van der Waals surface area contributed by atoms with Gasteiger partial charge in [-0.1, -0.05) is 9.59 Å². The van der Waals surface area contributed by atoms with Gasteiger partial charge in [0.2, 0.25) is 5.13 Å². The first-order valence-corrected chi connectivity index (χ1v) is 5.32. The summed E-state index contributed by atoms with van der Waals surface area (Å²) in [5, 5.41) is 18.1.